The summed E-state index contributed by atoms with van der Waals surface area (Å²) in [6, 6.07) is 5.87. The third kappa shape index (κ3) is 11.9. The summed E-state index contributed by atoms with van der Waals surface area (Å²) in [7, 11) is -12.8. The Morgan fingerprint density at radius 1 is 0.538 bits per heavy atom. The van der Waals surface area contributed by atoms with Crippen LogP contribution in [-0.4, -0.2) is 122 Å². The Morgan fingerprint density at radius 2 is 0.969 bits per heavy atom. The van der Waals surface area contributed by atoms with E-state index in [0.29, 0.717) is 67.1 Å². The number of nitrogens with zero attached hydrogens (tertiary/aromatic N) is 2. The lowest BCUT2D eigenvalue weighted by atomic mass is 9.71. The number of halogens is 6. The molecule has 0 spiro atoms. The number of carbonyl (C=O) groups is 4. The Morgan fingerprint density at radius 3 is 1.45 bits per heavy atom. The number of hydrogen-bond donors (Lipinski definition) is 0. The van der Waals surface area contributed by atoms with E-state index >= 15 is 26.3 Å². The average Bonchev–Trinajstić information content (AvgIpc) is 3.53. The fourth-order valence-corrected chi connectivity index (χ4v) is 33.1. The lowest BCUT2D eigenvalue weighted by Gasteiger charge is -2.43. The normalized spacial score (nSPS) is 16.5. The zero-order valence-corrected chi connectivity index (χ0v) is 44.5. The third-order valence-corrected chi connectivity index (χ3v) is 31.2. The summed E-state index contributed by atoms with van der Waals surface area (Å²) < 4.78 is 130. The van der Waals surface area contributed by atoms with E-state index in [4.69, 9.17) is 25.6 Å². The van der Waals surface area contributed by atoms with E-state index in [1.54, 1.807) is 0 Å². The highest BCUT2D eigenvalue weighted by molar-refractivity contribution is 6.90. The molecule has 1 unspecified atom stereocenters. The topological polar surface area (TPSA) is 130 Å². The fourth-order valence-electron chi connectivity index (χ4n) is 8.97. The van der Waals surface area contributed by atoms with E-state index in [-0.39, 0.29) is 24.1 Å². The number of hydrogen-bond acceptors (Lipinski definition) is 10. The molecule has 4 amide bonds. The average molecular weight is 1010 g/mol. The van der Waals surface area contributed by atoms with Crippen molar-refractivity contribution in [1.29, 1.82) is 0 Å². The smallest absolute Gasteiger partial charge is 0.436 e. The Bertz CT molecular complexity index is 2060. The minimum atomic E-state index is -6.06. The van der Waals surface area contributed by atoms with Crippen LogP contribution in [0.25, 0.3) is 0 Å². The van der Waals surface area contributed by atoms with Gasteiger partial charge < -0.3 is 25.6 Å². The van der Waals surface area contributed by atoms with Gasteiger partial charge in [-0.05, 0) is 127 Å². The van der Waals surface area contributed by atoms with E-state index in [9.17, 15) is 19.2 Å². The van der Waals surface area contributed by atoms with Crippen molar-refractivity contribution < 1.29 is 71.1 Å². The van der Waals surface area contributed by atoms with E-state index in [1.807, 2.05) is 47.0 Å². The second kappa shape index (κ2) is 20.4. The van der Waals surface area contributed by atoms with Gasteiger partial charge in [0.1, 0.15) is 0 Å². The van der Waals surface area contributed by atoms with E-state index in [0.717, 1.165) is 43.0 Å². The molecule has 2 heterocycles. The maximum absolute atomic E-state index is 15.1. The molecule has 364 valence electrons. The predicted molar refractivity (Wildman–Crippen MR) is 244 cm³/mol. The summed E-state index contributed by atoms with van der Waals surface area (Å²) in [5.41, 5.74) is -9.43. The highest BCUT2D eigenvalue weighted by Gasteiger charge is 2.73. The van der Waals surface area contributed by atoms with E-state index in [2.05, 4.69) is 26.6 Å². The van der Waals surface area contributed by atoms with Crippen molar-refractivity contribution in [3.63, 3.8) is 0 Å². The predicted octanol–water partition coefficient (Wildman–Crippen LogP) is 10.4. The summed E-state index contributed by atoms with van der Waals surface area (Å²) in [6.07, 6.45) is -9.84. The molecule has 4 rings (SSSR count). The Balaban J connectivity index is 1.56. The number of rotatable bonds is 24. The number of amides is 4. The SMILES string of the molecule is CCCC[Si](C)(C)O[Si](C)(CC[Si](OCC)(OCC)OCC)O[Si](C)(C)O[Si](C)(C)CCCN1C(=O)c2ccc(C(c3ccc4c(c3)C(=O)N(C)C4=O)(C(F)(F)F)C(F)(F)F)cc2C1=O. The first kappa shape index (κ1) is 54.7. The maximum atomic E-state index is 15.1. The Kier molecular flexibility index (Phi) is 17.2. The van der Waals surface area contributed by atoms with Crippen molar-refractivity contribution in [2.24, 2.45) is 0 Å². The van der Waals surface area contributed by atoms with Crippen molar-refractivity contribution >= 4 is 66.2 Å². The molecule has 0 aromatic heterocycles. The number of benzene rings is 2. The number of alkyl halides is 6. The summed E-state index contributed by atoms with van der Waals surface area (Å²) in [5, 5.41) is 0. The molecule has 0 saturated carbocycles. The van der Waals surface area contributed by atoms with Crippen LogP contribution in [0.5, 0.6) is 0 Å². The highest BCUT2D eigenvalue weighted by atomic mass is 28.5. The molecule has 2 aromatic rings. The molecular formula is C42H64F6N2O10Si5. The van der Waals surface area contributed by atoms with Crippen molar-refractivity contribution in [2.45, 2.75) is 135 Å². The van der Waals surface area contributed by atoms with Crippen LogP contribution in [-0.2, 0) is 31.0 Å². The van der Waals surface area contributed by atoms with Crippen LogP contribution in [0.2, 0.25) is 70.0 Å². The van der Waals surface area contributed by atoms with Gasteiger partial charge in [0.2, 0.25) is 5.41 Å². The van der Waals surface area contributed by atoms with Gasteiger partial charge in [0.05, 0.1) is 22.3 Å². The number of fused-ring (bicyclic) bond motifs is 2. The van der Waals surface area contributed by atoms with Crippen molar-refractivity contribution in [1.82, 2.24) is 9.80 Å². The highest BCUT2D eigenvalue weighted by Crippen LogP contribution is 2.57. The molecule has 1 atom stereocenters. The molecule has 2 aromatic carbocycles. The lowest BCUT2D eigenvalue weighted by molar-refractivity contribution is -0.288. The molecule has 0 fully saturated rings. The van der Waals surface area contributed by atoms with Gasteiger partial charge >= 0.3 is 38.3 Å². The molecule has 0 bridgehead atoms. The van der Waals surface area contributed by atoms with Crippen LogP contribution in [0.3, 0.4) is 0 Å². The maximum Gasteiger partial charge on any atom is 0.500 e. The summed E-state index contributed by atoms with van der Waals surface area (Å²) in [5.74, 6) is -3.84. The van der Waals surface area contributed by atoms with E-state index < -0.39 is 106 Å². The first-order valence-corrected chi connectivity index (χ1v) is 35.5. The van der Waals surface area contributed by atoms with Crippen LogP contribution < -0.4 is 0 Å². The van der Waals surface area contributed by atoms with Crippen LogP contribution in [0.1, 0.15) is 99.5 Å². The first-order valence-electron chi connectivity index (χ1n) is 22.0. The van der Waals surface area contributed by atoms with Gasteiger partial charge in [0.15, 0.2) is 16.6 Å². The van der Waals surface area contributed by atoms with Crippen LogP contribution in [0.4, 0.5) is 26.3 Å². The van der Waals surface area contributed by atoms with Gasteiger partial charge in [-0.15, -0.1) is 0 Å². The minimum Gasteiger partial charge on any atom is -0.436 e. The molecule has 0 N–H and O–H groups in total. The first-order chi connectivity index (χ1) is 29.9. The Labute approximate surface area is 383 Å². The van der Waals surface area contributed by atoms with Gasteiger partial charge in [-0.3, -0.25) is 29.0 Å². The quantitative estimate of drug-likeness (QED) is 0.0569. The summed E-state index contributed by atoms with van der Waals surface area (Å²) in [6.45, 7) is 23.2. The van der Waals surface area contributed by atoms with Crippen molar-refractivity contribution in [2.75, 3.05) is 33.4 Å². The summed E-state index contributed by atoms with van der Waals surface area (Å²) in [4.78, 5) is 53.8. The molecule has 2 aliphatic heterocycles. The second-order valence-electron chi connectivity index (χ2n) is 18.2. The van der Waals surface area contributed by atoms with Crippen molar-refractivity contribution in [3.8, 4) is 0 Å². The number of unbranched alkanes of at least 4 members (excludes halogenated alkanes) is 1. The number of carbonyl (C=O) groups excluding carboxylic acids is 4. The minimum absolute atomic E-state index is 0.172. The molecule has 2 aliphatic rings. The standard InChI is InChI=1S/C42H64F6N2O10Si5/c1-13-17-24-62(8,9)59-64(12,26-27-65(55-14-2,56-15-3)57-16-4)60-63(10,11)58-61(6,7)25-18-23-50-38(53)33-22-20-31(29-35(33)39(50)54)40(41(43,44)45,42(46,47)48)30-19-21-32-34(28-30)37(52)49(5)36(32)51/h19-22,28-29H,13-18,23-27H2,1-12H3. The van der Waals surface area contributed by atoms with E-state index in [1.165, 1.54) is 0 Å². The summed E-state index contributed by atoms with van der Waals surface area (Å²) >= 11 is 0. The third-order valence-electron chi connectivity index (χ3n) is 11.5. The molecule has 0 aliphatic carbocycles. The van der Waals surface area contributed by atoms with Gasteiger partial charge in [0.25, 0.3) is 23.6 Å². The van der Waals surface area contributed by atoms with Gasteiger partial charge in [-0.2, -0.15) is 26.3 Å². The zero-order chi connectivity index (χ0) is 49.2. The van der Waals surface area contributed by atoms with Gasteiger partial charge in [-0.1, -0.05) is 31.9 Å². The molecule has 12 nitrogen and oxygen atoms in total. The lowest BCUT2D eigenvalue weighted by Crippen LogP contribution is -2.58. The van der Waals surface area contributed by atoms with Gasteiger partial charge in [0, 0.05) is 39.5 Å². The zero-order valence-electron chi connectivity index (χ0n) is 39.5. The van der Waals surface area contributed by atoms with Gasteiger partial charge in [-0.25, -0.2) is 0 Å². The molecule has 0 radical (unpaired) electrons. The Hall–Kier alpha value is -2.86. The number of imide groups is 2. The largest absolute Gasteiger partial charge is 0.500 e. The molecule has 65 heavy (non-hydrogen) atoms. The molecular weight excluding hydrogens is 947 g/mol. The van der Waals surface area contributed by atoms with Crippen LogP contribution >= 0.6 is 0 Å². The van der Waals surface area contributed by atoms with Crippen LogP contribution in [0.15, 0.2) is 36.4 Å². The molecule has 0 saturated heterocycles. The fraction of sp³-hybridized carbons (Fsp3) is 0.619. The van der Waals surface area contributed by atoms with Crippen molar-refractivity contribution in [3.05, 3.63) is 69.8 Å². The monoisotopic (exact) mass is 1010 g/mol. The van der Waals surface area contributed by atoms with Crippen LogP contribution in [0, 0.1) is 0 Å². The molecule has 23 heteroatoms. The second-order valence-corrected chi connectivity index (χ2v) is 37.0.